The van der Waals surface area contributed by atoms with Crippen LogP contribution in [0.4, 0.5) is 4.39 Å². The van der Waals surface area contributed by atoms with E-state index < -0.39 is 6.04 Å². The maximum Gasteiger partial charge on any atom is 0.262 e. The molecule has 0 saturated heterocycles. The fourth-order valence-electron chi connectivity index (χ4n) is 2.80. The first-order chi connectivity index (χ1) is 13.1. The molecule has 136 valence electrons. The topological polar surface area (TPSA) is 64.0 Å². The number of thiophene rings is 2. The Morgan fingerprint density at radius 2 is 1.96 bits per heavy atom. The number of hydrogen-bond acceptors (Lipinski definition) is 5. The van der Waals surface area contributed by atoms with Gasteiger partial charge < -0.3 is 5.32 Å². The second-order valence-corrected chi connectivity index (χ2v) is 7.76. The molecule has 0 radical (unpaired) electrons. The first-order valence-corrected chi connectivity index (χ1v) is 9.88. The molecule has 27 heavy (non-hydrogen) atoms. The van der Waals surface area contributed by atoms with Gasteiger partial charge in [-0.25, -0.2) is 9.37 Å². The lowest BCUT2D eigenvalue weighted by atomic mass is 10.1. The van der Waals surface area contributed by atoms with Gasteiger partial charge in [-0.15, -0.1) is 22.7 Å². The highest BCUT2D eigenvalue weighted by atomic mass is 32.1. The van der Waals surface area contributed by atoms with E-state index in [0.717, 1.165) is 10.4 Å². The Labute approximate surface area is 161 Å². The predicted octanol–water partition coefficient (Wildman–Crippen LogP) is 3.56. The molecular formula is C19H14FN3O2S2. The molecule has 8 heteroatoms. The Kier molecular flexibility index (Phi) is 4.83. The summed E-state index contributed by atoms with van der Waals surface area (Å²) in [4.78, 5) is 30.9. The Bertz CT molecular complexity index is 1130. The number of hydrogen-bond donors (Lipinski definition) is 1. The van der Waals surface area contributed by atoms with Gasteiger partial charge in [-0.2, -0.15) is 0 Å². The summed E-state index contributed by atoms with van der Waals surface area (Å²) in [5, 5.41) is 7.15. The molecule has 0 aliphatic heterocycles. The molecule has 1 amide bonds. The maximum absolute atomic E-state index is 13.3. The van der Waals surface area contributed by atoms with Crippen LogP contribution in [0.2, 0.25) is 0 Å². The van der Waals surface area contributed by atoms with Crippen molar-refractivity contribution in [3.63, 3.8) is 0 Å². The van der Waals surface area contributed by atoms with Crippen molar-refractivity contribution in [1.29, 1.82) is 0 Å². The van der Waals surface area contributed by atoms with E-state index in [4.69, 9.17) is 0 Å². The third kappa shape index (κ3) is 3.67. The smallest absolute Gasteiger partial charge is 0.262 e. The van der Waals surface area contributed by atoms with Crippen LogP contribution in [0.1, 0.15) is 16.5 Å². The molecule has 0 fully saturated rings. The van der Waals surface area contributed by atoms with Gasteiger partial charge in [0.15, 0.2) is 0 Å². The quantitative estimate of drug-likeness (QED) is 0.558. The molecule has 1 atom stereocenters. The van der Waals surface area contributed by atoms with Crippen molar-refractivity contribution in [2.75, 3.05) is 0 Å². The van der Waals surface area contributed by atoms with Gasteiger partial charge in [0.25, 0.3) is 5.56 Å². The Morgan fingerprint density at radius 1 is 1.15 bits per heavy atom. The van der Waals surface area contributed by atoms with Crippen LogP contribution in [0.3, 0.4) is 0 Å². The molecule has 3 aromatic heterocycles. The number of rotatable bonds is 5. The van der Waals surface area contributed by atoms with Gasteiger partial charge in [0.1, 0.15) is 17.2 Å². The SMILES string of the molecule is O=C(Cn1cnc2sccc2c1=O)N[C@H](c1ccc(F)cc1)c1cccs1. The number of fused-ring (bicyclic) bond motifs is 1. The molecule has 4 rings (SSSR count). The summed E-state index contributed by atoms with van der Waals surface area (Å²) in [6.45, 7) is -0.138. The number of benzene rings is 1. The van der Waals surface area contributed by atoms with E-state index in [1.165, 1.54) is 45.7 Å². The van der Waals surface area contributed by atoms with Crippen LogP contribution >= 0.6 is 22.7 Å². The first kappa shape index (κ1) is 17.6. The van der Waals surface area contributed by atoms with Crippen molar-refractivity contribution in [2.45, 2.75) is 12.6 Å². The summed E-state index contributed by atoms with van der Waals surface area (Å²) in [6, 6.07) is 11.1. The number of halogens is 1. The van der Waals surface area contributed by atoms with Crippen molar-refractivity contribution in [1.82, 2.24) is 14.9 Å². The lowest BCUT2D eigenvalue weighted by Gasteiger charge is -2.18. The fraction of sp³-hybridized carbons (Fsp3) is 0.105. The van der Waals surface area contributed by atoms with Gasteiger partial charge in [0.05, 0.1) is 17.8 Å². The van der Waals surface area contributed by atoms with Gasteiger partial charge in [-0.05, 0) is 40.6 Å². The van der Waals surface area contributed by atoms with Gasteiger partial charge in [-0.3, -0.25) is 14.2 Å². The van der Waals surface area contributed by atoms with E-state index >= 15 is 0 Å². The Hall–Kier alpha value is -2.84. The van der Waals surface area contributed by atoms with E-state index in [1.54, 1.807) is 23.6 Å². The molecule has 1 aromatic carbocycles. The van der Waals surface area contributed by atoms with Crippen LogP contribution in [0.5, 0.6) is 0 Å². The molecule has 0 unspecified atom stereocenters. The molecule has 4 aromatic rings. The fourth-order valence-corrected chi connectivity index (χ4v) is 4.32. The van der Waals surface area contributed by atoms with Crippen molar-refractivity contribution in [3.8, 4) is 0 Å². The van der Waals surface area contributed by atoms with Gasteiger partial charge in [0, 0.05) is 4.88 Å². The van der Waals surface area contributed by atoms with E-state index in [1.807, 2.05) is 17.5 Å². The van der Waals surface area contributed by atoms with E-state index in [0.29, 0.717) is 10.2 Å². The number of amides is 1. The highest BCUT2D eigenvalue weighted by Gasteiger charge is 2.19. The van der Waals surface area contributed by atoms with E-state index in [-0.39, 0.29) is 23.8 Å². The highest BCUT2D eigenvalue weighted by Crippen LogP contribution is 2.26. The van der Waals surface area contributed by atoms with Gasteiger partial charge >= 0.3 is 0 Å². The number of nitrogens with zero attached hydrogens (tertiary/aromatic N) is 2. The number of nitrogens with one attached hydrogen (secondary N) is 1. The summed E-state index contributed by atoms with van der Waals surface area (Å²) in [7, 11) is 0. The zero-order chi connectivity index (χ0) is 18.8. The zero-order valence-electron chi connectivity index (χ0n) is 14.0. The predicted molar refractivity (Wildman–Crippen MR) is 105 cm³/mol. The molecule has 0 saturated carbocycles. The molecule has 1 N–H and O–H groups in total. The molecular weight excluding hydrogens is 385 g/mol. The average molecular weight is 399 g/mol. The number of aromatic nitrogens is 2. The van der Waals surface area contributed by atoms with Crippen LogP contribution < -0.4 is 10.9 Å². The lowest BCUT2D eigenvalue weighted by molar-refractivity contribution is -0.122. The summed E-state index contributed by atoms with van der Waals surface area (Å²) in [6.07, 6.45) is 1.39. The minimum atomic E-state index is -0.411. The summed E-state index contributed by atoms with van der Waals surface area (Å²) >= 11 is 2.88. The minimum Gasteiger partial charge on any atom is -0.343 e. The normalized spacial score (nSPS) is 12.2. The largest absolute Gasteiger partial charge is 0.343 e. The molecule has 0 aliphatic rings. The Balaban J connectivity index is 1.59. The van der Waals surface area contributed by atoms with Crippen LogP contribution in [0, 0.1) is 5.82 Å². The summed E-state index contributed by atoms with van der Waals surface area (Å²) < 4.78 is 14.6. The van der Waals surface area contributed by atoms with Crippen LogP contribution in [-0.4, -0.2) is 15.5 Å². The number of carbonyl (C=O) groups is 1. The van der Waals surface area contributed by atoms with Crippen LogP contribution in [0.25, 0.3) is 10.2 Å². The van der Waals surface area contributed by atoms with Gasteiger partial charge in [0.2, 0.25) is 5.91 Å². The van der Waals surface area contributed by atoms with E-state index in [2.05, 4.69) is 10.3 Å². The molecule has 0 spiro atoms. The molecule has 5 nitrogen and oxygen atoms in total. The second-order valence-electron chi connectivity index (χ2n) is 5.88. The minimum absolute atomic E-state index is 0.138. The van der Waals surface area contributed by atoms with Crippen LogP contribution in [0.15, 0.2) is 64.3 Å². The van der Waals surface area contributed by atoms with Crippen molar-refractivity contribution in [3.05, 3.63) is 86.2 Å². The van der Waals surface area contributed by atoms with Crippen molar-refractivity contribution < 1.29 is 9.18 Å². The first-order valence-electron chi connectivity index (χ1n) is 8.13. The average Bonchev–Trinajstić information content (AvgIpc) is 3.35. The van der Waals surface area contributed by atoms with E-state index in [9.17, 15) is 14.0 Å². The van der Waals surface area contributed by atoms with Gasteiger partial charge in [-0.1, -0.05) is 18.2 Å². The van der Waals surface area contributed by atoms with Crippen molar-refractivity contribution >= 4 is 38.8 Å². The number of carbonyl (C=O) groups excluding carboxylic acids is 1. The van der Waals surface area contributed by atoms with Crippen molar-refractivity contribution in [2.24, 2.45) is 0 Å². The third-order valence-corrected chi connectivity index (χ3v) is 5.86. The van der Waals surface area contributed by atoms with Crippen LogP contribution in [-0.2, 0) is 11.3 Å². The standard InChI is InChI=1S/C19H14FN3O2S2/c20-13-5-3-12(4-6-13)17(15-2-1-8-26-15)22-16(24)10-23-11-21-18-14(19(23)25)7-9-27-18/h1-9,11,17H,10H2,(H,22,24)/t17-/m1/s1. The Morgan fingerprint density at radius 3 is 2.70 bits per heavy atom. The lowest BCUT2D eigenvalue weighted by Crippen LogP contribution is -2.35. The monoisotopic (exact) mass is 399 g/mol. The second kappa shape index (κ2) is 7.42. The summed E-state index contributed by atoms with van der Waals surface area (Å²) in [5.74, 6) is -0.659. The third-order valence-electron chi connectivity index (χ3n) is 4.10. The maximum atomic E-state index is 13.3. The summed E-state index contributed by atoms with van der Waals surface area (Å²) in [5.41, 5.74) is 0.525. The zero-order valence-corrected chi connectivity index (χ0v) is 15.6. The molecule has 0 aliphatic carbocycles. The highest BCUT2D eigenvalue weighted by molar-refractivity contribution is 7.16. The molecule has 0 bridgehead atoms. The molecule has 3 heterocycles.